The molecular weight excluding hydrogens is 330 g/mol. The molecule has 2 heterocycles. The first-order chi connectivity index (χ1) is 12.7. The predicted octanol–water partition coefficient (Wildman–Crippen LogP) is 3.86. The van der Waals surface area contributed by atoms with Gasteiger partial charge in [-0.1, -0.05) is 13.8 Å². The third kappa shape index (κ3) is 4.25. The standard InChI is InChI=1S/C20H25N3O3/c1-3-7-23(8-4-2)20(24)15-11-17(14-21-13-15)22-16-5-6-18-19(12-16)26-10-9-25-18/h5-6,11-14,22H,3-4,7-10H2,1-2H3. The lowest BCUT2D eigenvalue weighted by molar-refractivity contribution is 0.0755. The van der Waals surface area contributed by atoms with E-state index in [0.717, 1.165) is 48.8 Å². The second-order valence-corrected chi connectivity index (χ2v) is 6.24. The summed E-state index contributed by atoms with van der Waals surface area (Å²) in [6, 6.07) is 7.53. The van der Waals surface area contributed by atoms with Crippen molar-refractivity contribution in [1.29, 1.82) is 0 Å². The number of hydrogen-bond donors (Lipinski definition) is 1. The maximum Gasteiger partial charge on any atom is 0.255 e. The molecule has 0 aliphatic carbocycles. The monoisotopic (exact) mass is 355 g/mol. The van der Waals surface area contributed by atoms with E-state index < -0.39 is 0 Å². The van der Waals surface area contributed by atoms with Gasteiger partial charge in [0.05, 0.1) is 17.4 Å². The molecular formula is C20H25N3O3. The molecule has 138 valence electrons. The molecule has 1 amide bonds. The number of benzene rings is 1. The summed E-state index contributed by atoms with van der Waals surface area (Å²) in [5, 5.41) is 3.28. The van der Waals surface area contributed by atoms with Gasteiger partial charge in [0.2, 0.25) is 0 Å². The molecule has 0 bridgehead atoms. The second-order valence-electron chi connectivity index (χ2n) is 6.24. The fourth-order valence-electron chi connectivity index (χ4n) is 2.95. The van der Waals surface area contributed by atoms with Crippen molar-refractivity contribution < 1.29 is 14.3 Å². The summed E-state index contributed by atoms with van der Waals surface area (Å²) in [5.74, 6) is 1.49. The highest BCUT2D eigenvalue weighted by Crippen LogP contribution is 2.33. The van der Waals surface area contributed by atoms with Crippen LogP contribution in [0.3, 0.4) is 0 Å². The molecule has 1 aliphatic heterocycles. The quantitative estimate of drug-likeness (QED) is 0.817. The molecule has 0 atom stereocenters. The predicted molar refractivity (Wildman–Crippen MR) is 101 cm³/mol. The van der Waals surface area contributed by atoms with E-state index in [0.29, 0.717) is 18.8 Å². The SMILES string of the molecule is CCCN(CCC)C(=O)c1cncc(Nc2ccc3c(c2)OCCO3)c1. The first-order valence-electron chi connectivity index (χ1n) is 9.12. The molecule has 0 fully saturated rings. The first kappa shape index (κ1) is 18.0. The van der Waals surface area contributed by atoms with Gasteiger partial charge in [0.15, 0.2) is 11.5 Å². The second kappa shape index (κ2) is 8.56. The molecule has 1 N–H and O–H groups in total. The lowest BCUT2D eigenvalue weighted by Gasteiger charge is -2.21. The van der Waals surface area contributed by atoms with Crippen LogP contribution < -0.4 is 14.8 Å². The largest absolute Gasteiger partial charge is 0.486 e. The van der Waals surface area contributed by atoms with Crippen LogP contribution in [-0.4, -0.2) is 42.1 Å². The summed E-state index contributed by atoms with van der Waals surface area (Å²) in [5.41, 5.74) is 2.22. The highest BCUT2D eigenvalue weighted by molar-refractivity contribution is 5.95. The highest BCUT2D eigenvalue weighted by Gasteiger charge is 2.16. The number of amides is 1. The van der Waals surface area contributed by atoms with Crippen LogP contribution in [0.1, 0.15) is 37.0 Å². The Morgan fingerprint density at radius 2 is 1.77 bits per heavy atom. The Labute approximate surface area is 154 Å². The van der Waals surface area contributed by atoms with Gasteiger partial charge in [0.1, 0.15) is 13.2 Å². The van der Waals surface area contributed by atoms with Crippen molar-refractivity contribution in [2.75, 3.05) is 31.6 Å². The number of aromatic nitrogens is 1. The molecule has 0 unspecified atom stereocenters. The van der Waals surface area contributed by atoms with Crippen molar-refractivity contribution in [3.63, 3.8) is 0 Å². The van der Waals surface area contributed by atoms with E-state index in [4.69, 9.17) is 9.47 Å². The van der Waals surface area contributed by atoms with Gasteiger partial charge in [-0.2, -0.15) is 0 Å². The molecule has 26 heavy (non-hydrogen) atoms. The molecule has 2 aromatic rings. The Bertz CT molecular complexity index is 758. The number of hydrogen-bond acceptors (Lipinski definition) is 5. The average Bonchev–Trinajstić information content (AvgIpc) is 2.67. The molecule has 1 aliphatic rings. The Morgan fingerprint density at radius 3 is 2.50 bits per heavy atom. The van der Waals surface area contributed by atoms with Crippen LogP contribution in [0.2, 0.25) is 0 Å². The summed E-state index contributed by atoms with van der Waals surface area (Å²) in [7, 11) is 0. The van der Waals surface area contributed by atoms with Crippen molar-refractivity contribution >= 4 is 17.3 Å². The van der Waals surface area contributed by atoms with E-state index in [1.165, 1.54) is 0 Å². The fourth-order valence-corrected chi connectivity index (χ4v) is 2.95. The maximum absolute atomic E-state index is 12.7. The van der Waals surface area contributed by atoms with Crippen molar-refractivity contribution in [1.82, 2.24) is 9.88 Å². The van der Waals surface area contributed by atoms with Gasteiger partial charge in [-0.3, -0.25) is 9.78 Å². The Hall–Kier alpha value is -2.76. The number of pyridine rings is 1. The van der Waals surface area contributed by atoms with Crippen LogP contribution in [0, 0.1) is 0 Å². The van der Waals surface area contributed by atoms with E-state index in [-0.39, 0.29) is 5.91 Å². The van der Waals surface area contributed by atoms with E-state index in [9.17, 15) is 4.79 Å². The Morgan fingerprint density at radius 1 is 1.04 bits per heavy atom. The number of carbonyl (C=O) groups is 1. The van der Waals surface area contributed by atoms with Gasteiger partial charge in [-0.05, 0) is 31.0 Å². The first-order valence-corrected chi connectivity index (χ1v) is 9.12. The number of rotatable bonds is 7. The van der Waals surface area contributed by atoms with Gasteiger partial charge >= 0.3 is 0 Å². The van der Waals surface area contributed by atoms with E-state index in [1.807, 2.05) is 29.2 Å². The van der Waals surface area contributed by atoms with Gasteiger partial charge in [0, 0.05) is 31.0 Å². The lowest BCUT2D eigenvalue weighted by atomic mass is 10.2. The van der Waals surface area contributed by atoms with Gasteiger partial charge in [-0.15, -0.1) is 0 Å². The molecule has 6 nitrogen and oxygen atoms in total. The third-order valence-corrected chi connectivity index (χ3v) is 4.09. The average molecular weight is 355 g/mol. The van der Waals surface area contributed by atoms with Crippen molar-refractivity contribution in [3.05, 3.63) is 42.2 Å². The molecule has 1 aromatic carbocycles. The van der Waals surface area contributed by atoms with Crippen LogP contribution >= 0.6 is 0 Å². The zero-order valence-corrected chi connectivity index (χ0v) is 15.3. The van der Waals surface area contributed by atoms with E-state index in [2.05, 4.69) is 24.1 Å². The minimum atomic E-state index is 0.0204. The summed E-state index contributed by atoms with van der Waals surface area (Å²) < 4.78 is 11.1. The normalized spacial score (nSPS) is 12.5. The molecule has 6 heteroatoms. The number of nitrogens with one attached hydrogen (secondary N) is 1. The molecule has 1 aromatic heterocycles. The van der Waals surface area contributed by atoms with Crippen LogP contribution in [-0.2, 0) is 0 Å². The van der Waals surface area contributed by atoms with Crippen molar-refractivity contribution in [2.24, 2.45) is 0 Å². The molecule has 3 rings (SSSR count). The summed E-state index contributed by atoms with van der Waals surface area (Å²) in [6.45, 7) is 6.79. The van der Waals surface area contributed by atoms with Crippen LogP contribution in [0.15, 0.2) is 36.7 Å². The minimum Gasteiger partial charge on any atom is -0.486 e. The molecule has 0 saturated carbocycles. The number of nitrogens with zero attached hydrogens (tertiary/aromatic N) is 2. The maximum atomic E-state index is 12.7. The van der Waals surface area contributed by atoms with Crippen molar-refractivity contribution in [2.45, 2.75) is 26.7 Å². The van der Waals surface area contributed by atoms with Crippen LogP contribution in [0.25, 0.3) is 0 Å². The fraction of sp³-hybridized carbons (Fsp3) is 0.400. The number of carbonyl (C=O) groups excluding carboxylic acids is 1. The van der Waals surface area contributed by atoms with E-state index >= 15 is 0 Å². The number of anilines is 2. The molecule has 0 radical (unpaired) electrons. The van der Waals surface area contributed by atoms with Gasteiger partial charge in [0.25, 0.3) is 5.91 Å². The lowest BCUT2D eigenvalue weighted by Crippen LogP contribution is -2.32. The minimum absolute atomic E-state index is 0.0204. The van der Waals surface area contributed by atoms with Crippen LogP contribution in [0.5, 0.6) is 11.5 Å². The molecule has 0 spiro atoms. The van der Waals surface area contributed by atoms with Crippen LogP contribution in [0.4, 0.5) is 11.4 Å². The van der Waals surface area contributed by atoms with Gasteiger partial charge < -0.3 is 19.7 Å². The summed E-state index contributed by atoms with van der Waals surface area (Å²) in [4.78, 5) is 18.8. The smallest absolute Gasteiger partial charge is 0.255 e. The number of ether oxygens (including phenoxy) is 2. The van der Waals surface area contributed by atoms with Crippen molar-refractivity contribution in [3.8, 4) is 11.5 Å². The van der Waals surface area contributed by atoms with E-state index in [1.54, 1.807) is 12.4 Å². The Kier molecular flexibility index (Phi) is 5.94. The topological polar surface area (TPSA) is 63.7 Å². The zero-order valence-electron chi connectivity index (χ0n) is 15.3. The summed E-state index contributed by atoms with van der Waals surface area (Å²) >= 11 is 0. The van der Waals surface area contributed by atoms with Gasteiger partial charge in [-0.25, -0.2) is 0 Å². The molecule has 0 saturated heterocycles. The summed E-state index contributed by atoms with van der Waals surface area (Å²) in [6.07, 6.45) is 5.20. The Balaban J connectivity index is 1.75. The highest BCUT2D eigenvalue weighted by atomic mass is 16.6. The third-order valence-electron chi connectivity index (χ3n) is 4.09. The zero-order chi connectivity index (χ0) is 18.4. The number of fused-ring (bicyclic) bond motifs is 1.